The molecular weight excluding hydrogens is 212 g/mol. The number of thiazole rings is 1. The molecule has 0 saturated heterocycles. The third-order valence-electron chi connectivity index (χ3n) is 1.67. The highest BCUT2D eigenvalue weighted by molar-refractivity contribution is 7.14. The van der Waals surface area contributed by atoms with Crippen LogP contribution in [0.25, 0.3) is 6.08 Å². The Hall–Kier alpha value is -1.20. The summed E-state index contributed by atoms with van der Waals surface area (Å²) in [4.78, 5) is 16.2. The van der Waals surface area contributed by atoms with Crippen molar-refractivity contribution in [2.75, 3.05) is 13.2 Å². The van der Waals surface area contributed by atoms with Crippen molar-refractivity contribution in [1.29, 1.82) is 0 Å². The number of ether oxygens (including phenoxy) is 1. The Bertz CT molecular complexity index is 371. The van der Waals surface area contributed by atoms with Crippen LogP contribution in [0.4, 0.5) is 0 Å². The summed E-state index contributed by atoms with van der Waals surface area (Å²) < 4.78 is 4.91. The molecule has 2 N–H and O–H groups in total. The fraction of sp³-hybridized carbons (Fsp3) is 0.400. The number of aromatic nitrogens is 1. The summed E-state index contributed by atoms with van der Waals surface area (Å²) in [6.45, 7) is 4.42. The molecule has 0 aromatic carbocycles. The number of nitrogens with two attached hydrogens (primary N) is 1. The first-order chi connectivity index (χ1) is 7.19. The van der Waals surface area contributed by atoms with Gasteiger partial charge >= 0.3 is 5.97 Å². The summed E-state index contributed by atoms with van der Waals surface area (Å²) in [6, 6.07) is 0. The maximum absolute atomic E-state index is 11.5. The van der Waals surface area contributed by atoms with Crippen molar-refractivity contribution in [2.45, 2.75) is 13.8 Å². The standard InChI is InChI=1S/C10H14N2O2S/c1-3-14-10(13)9-7(2)12-8(15-9)5-4-6-11/h4-5H,3,6,11H2,1-2H3. The smallest absolute Gasteiger partial charge is 0.350 e. The van der Waals surface area contributed by atoms with E-state index in [-0.39, 0.29) is 5.97 Å². The Balaban J connectivity index is 2.86. The maximum Gasteiger partial charge on any atom is 0.350 e. The molecule has 1 heterocycles. The van der Waals surface area contributed by atoms with Gasteiger partial charge in [0.2, 0.25) is 0 Å². The fourth-order valence-corrected chi connectivity index (χ4v) is 1.94. The van der Waals surface area contributed by atoms with Gasteiger partial charge in [-0.1, -0.05) is 6.08 Å². The summed E-state index contributed by atoms with van der Waals surface area (Å²) >= 11 is 1.32. The molecule has 0 bridgehead atoms. The van der Waals surface area contributed by atoms with Crippen molar-refractivity contribution < 1.29 is 9.53 Å². The van der Waals surface area contributed by atoms with Crippen LogP contribution in [0.15, 0.2) is 6.08 Å². The molecule has 1 aromatic rings. The lowest BCUT2D eigenvalue weighted by atomic mass is 10.4. The van der Waals surface area contributed by atoms with Gasteiger partial charge in [-0.2, -0.15) is 0 Å². The van der Waals surface area contributed by atoms with Crippen LogP contribution in [0, 0.1) is 6.92 Å². The zero-order valence-electron chi connectivity index (χ0n) is 8.82. The molecule has 4 nitrogen and oxygen atoms in total. The molecule has 0 spiro atoms. The largest absolute Gasteiger partial charge is 0.462 e. The Kier molecular flexibility index (Phi) is 4.45. The molecule has 0 aliphatic heterocycles. The van der Waals surface area contributed by atoms with Crippen LogP contribution >= 0.6 is 11.3 Å². The Morgan fingerprint density at radius 1 is 1.67 bits per heavy atom. The lowest BCUT2D eigenvalue weighted by molar-refractivity contribution is 0.0531. The second kappa shape index (κ2) is 5.63. The number of hydrogen-bond acceptors (Lipinski definition) is 5. The minimum atomic E-state index is -0.306. The van der Waals surface area contributed by atoms with E-state index in [0.29, 0.717) is 23.7 Å². The van der Waals surface area contributed by atoms with E-state index in [0.717, 1.165) is 5.01 Å². The molecule has 0 aliphatic rings. The van der Waals surface area contributed by atoms with Crippen molar-refractivity contribution in [1.82, 2.24) is 4.98 Å². The zero-order chi connectivity index (χ0) is 11.3. The molecule has 15 heavy (non-hydrogen) atoms. The van der Waals surface area contributed by atoms with E-state index in [1.54, 1.807) is 26.0 Å². The van der Waals surface area contributed by atoms with Gasteiger partial charge in [0.25, 0.3) is 0 Å². The van der Waals surface area contributed by atoms with Crippen LogP contribution in [0.2, 0.25) is 0 Å². The lowest BCUT2D eigenvalue weighted by Crippen LogP contribution is -2.03. The van der Waals surface area contributed by atoms with E-state index in [1.807, 2.05) is 0 Å². The molecule has 5 heteroatoms. The van der Waals surface area contributed by atoms with E-state index >= 15 is 0 Å². The Morgan fingerprint density at radius 3 is 3.00 bits per heavy atom. The second-order valence-electron chi connectivity index (χ2n) is 2.83. The van der Waals surface area contributed by atoms with Crippen molar-refractivity contribution in [3.05, 3.63) is 21.7 Å². The van der Waals surface area contributed by atoms with Gasteiger partial charge in [0.05, 0.1) is 12.3 Å². The summed E-state index contributed by atoms with van der Waals surface area (Å²) in [7, 11) is 0. The maximum atomic E-state index is 11.5. The number of carbonyl (C=O) groups excluding carboxylic acids is 1. The lowest BCUT2D eigenvalue weighted by Gasteiger charge is -1.97. The van der Waals surface area contributed by atoms with E-state index in [9.17, 15) is 4.79 Å². The quantitative estimate of drug-likeness (QED) is 0.792. The molecule has 0 amide bonds. The van der Waals surface area contributed by atoms with Gasteiger partial charge in [0, 0.05) is 6.54 Å². The van der Waals surface area contributed by atoms with E-state index in [1.165, 1.54) is 11.3 Å². The Labute approximate surface area is 92.8 Å². The predicted molar refractivity (Wildman–Crippen MR) is 60.9 cm³/mol. The minimum Gasteiger partial charge on any atom is -0.462 e. The third kappa shape index (κ3) is 3.14. The van der Waals surface area contributed by atoms with Crippen LogP contribution in [0.5, 0.6) is 0 Å². The first-order valence-corrected chi connectivity index (χ1v) is 5.51. The first-order valence-electron chi connectivity index (χ1n) is 4.70. The predicted octanol–water partition coefficient (Wildman–Crippen LogP) is 1.60. The average Bonchev–Trinajstić information content (AvgIpc) is 2.57. The molecule has 0 radical (unpaired) electrons. The molecule has 0 saturated carbocycles. The molecule has 1 aromatic heterocycles. The zero-order valence-corrected chi connectivity index (χ0v) is 9.63. The van der Waals surface area contributed by atoms with Gasteiger partial charge in [-0.25, -0.2) is 9.78 Å². The molecule has 0 unspecified atom stereocenters. The molecular formula is C10H14N2O2S. The van der Waals surface area contributed by atoms with Crippen LogP contribution in [0.1, 0.15) is 27.3 Å². The highest BCUT2D eigenvalue weighted by Gasteiger charge is 2.14. The van der Waals surface area contributed by atoms with Crippen LogP contribution in [-0.4, -0.2) is 24.1 Å². The monoisotopic (exact) mass is 226 g/mol. The van der Waals surface area contributed by atoms with Gasteiger partial charge in [-0.05, 0) is 19.9 Å². The van der Waals surface area contributed by atoms with Gasteiger partial charge < -0.3 is 10.5 Å². The van der Waals surface area contributed by atoms with E-state index in [2.05, 4.69) is 4.98 Å². The number of nitrogens with zero attached hydrogens (tertiary/aromatic N) is 1. The SMILES string of the molecule is CCOC(=O)c1sc(C=CCN)nc1C. The summed E-state index contributed by atoms with van der Waals surface area (Å²) in [6.07, 6.45) is 3.60. The summed E-state index contributed by atoms with van der Waals surface area (Å²) in [5.41, 5.74) is 6.03. The first kappa shape index (κ1) is 11.9. The molecule has 0 atom stereocenters. The van der Waals surface area contributed by atoms with Crippen molar-refractivity contribution >= 4 is 23.4 Å². The number of aryl methyl sites for hydroxylation is 1. The molecule has 1 rings (SSSR count). The van der Waals surface area contributed by atoms with Crippen molar-refractivity contribution in [3.8, 4) is 0 Å². The van der Waals surface area contributed by atoms with Crippen LogP contribution < -0.4 is 5.73 Å². The van der Waals surface area contributed by atoms with E-state index in [4.69, 9.17) is 10.5 Å². The fourth-order valence-electron chi connectivity index (χ4n) is 1.04. The Morgan fingerprint density at radius 2 is 2.40 bits per heavy atom. The van der Waals surface area contributed by atoms with Gasteiger partial charge in [-0.3, -0.25) is 0 Å². The summed E-state index contributed by atoms with van der Waals surface area (Å²) in [5.74, 6) is -0.306. The highest BCUT2D eigenvalue weighted by Crippen LogP contribution is 2.20. The normalized spacial score (nSPS) is 10.9. The van der Waals surface area contributed by atoms with Crippen molar-refractivity contribution in [3.63, 3.8) is 0 Å². The number of carbonyl (C=O) groups is 1. The van der Waals surface area contributed by atoms with Crippen LogP contribution in [0.3, 0.4) is 0 Å². The highest BCUT2D eigenvalue weighted by atomic mass is 32.1. The van der Waals surface area contributed by atoms with Crippen molar-refractivity contribution in [2.24, 2.45) is 5.73 Å². The second-order valence-corrected chi connectivity index (χ2v) is 3.86. The van der Waals surface area contributed by atoms with Crippen LogP contribution in [-0.2, 0) is 4.74 Å². The minimum absolute atomic E-state index is 0.306. The van der Waals surface area contributed by atoms with Gasteiger partial charge in [0.15, 0.2) is 0 Å². The third-order valence-corrected chi connectivity index (χ3v) is 2.77. The topological polar surface area (TPSA) is 65.2 Å². The number of hydrogen-bond donors (Lipinski definition) is 1. The number of rotatable bonds is 4. The average molecular weight is 226 g/mol. The van der Waals surface area contributed by atoms with Gasteiger partial charge in [-0.15, -0.1) is 11.3 Å². The summed E-state index contributed by atoms with van der Waals surface area (Å²) in [5, 5.41) is 0.779. The molecule has 82 valence electrons. The molecule has 0 aliphatic carbocycles. The van der Waals surface area contributed by atoms with E-state index < -0.39 is 0 Å². The van der Waals surface area contributed by atoms with Gasteiger partial charge in [0.1, 0.15) is 9.88 Å². The molecule has 0 fully saturated rings. The number of esters is 1.